The van der Waals surface area contributed by atoms with Crippen LogP contribution < -0.4 is 0 Å². The Morgan fingerprint density at radius 3 is 2.59 bits per heavy atom. The number of sulfonamides is 1. The Labute approximate surface area is 134 Å². The number of furan rings is 1. The van der Waals surface area contributed by atoms with Gasteiger partial charge in [0.1, 0.15) is 11.3 Å². The quantitative estimate of drug-likeness (QED) is 0.726. The van der Waals surface area contributed by atoms with Crippen molar-refractivity contribution in [3.05, 3.63) is 65.4 Å². The van der Waals surface area contributed by atoms with E-state index in [1.165, 1.54) is 23.5 Å². The summed E-state index contributed by atoms with van der Waals surface area (Å²) >= 11 is 5.87. The normalized spacial score (nSPS) is 12.1. The summed E-state index contributed by atoms with van der Waals surface area (Å²) in [6.07, 6.45) is 0. The molecule has 0 aliphatic heterocycles. The maximum atomic E-state index is 12.5. The van der Waals surface area contributed by atoms with Gasteiger partial charge in [-0.05, 0) is 30.3 Å². The van der Waals surface area contributed by atoms with Gasteiger partial charge in [-0.15, -0.1) is 0 Å². The minimum absolute atomic E-state index is 0.156. The van der Waals surface area contributed by atoms with Crippen LogP contribution in [0.4, 0.5) is 0 Å². The van der Waals surface area contributed by atoms with E-state index in [-0.39, 0.29) is 11.4 Å². The second-order valence-corrected chi connectivity index (χ2v) is 7.45. The zero-order valence-corrected chi connectivity index (χ0v) is 13.4. The number of hydrogen-bond donors (Lipinski definition) is 0. The Kier molecular flexibility index (Phi) is 3.95. The van der Waals surface area contributed by atoms with Crippen molar-refractivity contribution in [3.63, 3.8) is 0 Å². The summed E-state index contributed by atoms with van der Waals surface area (Å²) in [6.45, 7) is 0.156. The summed E-state index contributed by atoms with van der Waals surface area (Å²) in [6, 6.07) is 15.6. The van der Waals surface area contributed by atoms with Crippen LogP contribution in [0.5, 0.6) is 0 Å². The summed E-state index contributed by atoms with van der Waals surface area (Å²) in [7, 11) is -2.09. The molecule has 0 unspecified atom stereocenters. The predicted molar refractivity (Wildman–Crippen MR) is 86.3 cm³/mol. The molecule has 3 aromatic rings. The van der Waals surface area contributed by atoms with Gasteiger partial charge in [-0.25, -0.2) is 8.42 Å². The number of fused-ring (bicyclic) bond motifs is 1. The minimum Gasteiger partial charge on any atom is -0.460 e. The zero-order chi connectivity index (χ0) is 15.7. The smallest absolute Gasteiger partial charge is 0.243 e. The number of hydrogen-bond acceptors (Lipinski definition) is 3. The highest BCUT2D eigenvalue weighted by molar-refractivity contribution is 7.89. The Bertz CT molecular complexity index is 885. The van der Waals surface area contributed by atoms with E-state index in [4.69, 9.17) is 16.0 Å². The van der Waals surface area contributed by atoms with Gasteiger partial charge < -0.3 is 4.42 Å². The first kappa shape index (κ1) is 15.1. The molecule has 114 valence electrons. The molecular formula is C16H14ClNO3S. The summed E-state index contributed by atoms with van der Waals surface area (Å²) < 4.78 is 32.0. The Hall–Kier alpha value is -1.82. The van der Waals surface area contributed by atoms with Crippen LogP contribution in [0.1, 0.15) is 5.76 Å². The topological polar surface area (TPSA) is 50.5 Å². The first-order valence-corrected chi connectivity index (χ1v) is 8.48. The van der Waals surface area contributed by atoms with Crippen molar-refractivity contribution >= 4 is 32.6 Å². The number of rotatable bonds is 4. The molecule has 2 aromatic carbocycles. The highest BCUT2D eigenvalue weighted by Gasteiger charge is 2.22. The van der Waals surface area contributed by atoms with Crippen LogP contribution in [0.25, 0.3) is 11.0 Å². The van der Waals surface area contributed by atoms with Crippen molar-refractivity contribution in [2.75, 3.05) is 7.05 Å². The second-order valence-electron chi connectivity index (χ2n) is 4.97. The highest BCUT2D eigenvalue weighted by Crippen LogP contribution is 2.23. The molecule has 0 fully saturated rings. The van der Waals surface area contributed by atoms with Gasteiger partial charge >= 0.3 is 0 Å². The molecule has 22 heavy (non-hydrogen) atoms. The zero-order valence-electron chi connectivity index (χ0n) is 11.9. The van der Waals surface area contributed by atoms with E-state index < -0.39 is 10.0 Å². The van der Waals surface area contributed by atoms with E-state index in [9.17, 15) is 8.42 Å². The first-order chi connectivity index (χ1) is 10.5. The van der Waals surface area contributed by atoms with Crippen LogP contribution in [0.2, 0.25) is 5.02 Å². The van der Waals surface area contributed by atoms with E-state index in [1.807, 2.05) is 30.3 Å². The molecule has 0 atom stereocenters. The van der Waals surface area contributed by atoms with Gasteiger partial charge in [0, 0.05) is 17.5 Å². The maximum absolute atomic E-state index is 12.5. The fourth-order valence-corrected chi connectivity index (χ4v) is 3.67. The van der Waals surface area contributed by atoms with E-state index in [1.54, 1.807) is 12.1 Å². The molecule has 0 saturated carbocycles. The van der Waals surface area contributed by atoms with Crippen molar-refractivity contribution in [2.24, 2.45) is 0 Å². The molecule has 0 radical (unpaired) electrons. The molecule has 0 bridgehead atoms. The van der Waals surface area contributed by atoms with Gasteiger partial charge in [-0.1, -0.05) is 35.9 Å². The Morgan fingerprint density at radius 1 is 1.09 bits per heavy atom. The van der Waals surface area contributed by atoms with Crippen LogP contribution in [0.15, 0.2) is 63.9 Å². The van der Waals surface area contributed by atoms with Gasteiger partial charge in [-0.2, -0.15) is 4.31 Å². The molecule has 0 spiro atoms. The molecule has 0 saturated heterocycles. The van der Waals surface area contributed by atoms with E-state index in [0.717, 1.165) is 11.0 Å². The molecule has 0 aliphatic carbocycles. The lowest BCUT2D eigenvalue weighted by molar-refractivity contribution is 0.418. The monoisotopic (exact) mass is 335 g/mol. The third kappa shape index (κ3) is 2.88. The lowest BCUT2D eigenvalue weighted by Gasteiger charge is -2.16. The SMILES string of the molecule is CN(Cc1cc2ccccc2o1)S(=O)(=O)c1cccc(Cl)c1. The summed E-state index contributed by atoms with van der Waals surface area (Å²) in [5.74, 6) is 0.592. The van der Waals surface area contributed by atoms with Crippen molar-refractivity contribution in [2.45, 2.75) is 11.4 Å². The largest absolute Gasteiger partial charge is 0.460 e. The molecule has 0 aliphatic rings. The lowest BCUT2D eigenvalue weighted by Crippen LogP contribution is -2.26. The fraction of sp³-hybridized carbons (Fsp3) is 0.125. The molecule has 4 nitrogen and oxygen atoms in total. The molecular weight excluding hydrogens is 322 g/mol. The fourth-order valence-electron chi connectivity index (χ4n) is 2.23. The molecule has 0 N–H and O–H groups in total. The summed E-state index contributed by atoms with van der Waals surface area (Å²) in [5, 5.41) is 1.34. The third-order valence-corrected chi connectivity index (χ3v) is 5.39. The molecule has 6 heteroatoms. The highest BCUT2D eigenvalue weighted by atomic mass is 35.5. The number of para-hydroxylation sites is 1. The maximum Gasteiger partial charge on any atom is 0.243 e. The number of halogens is 1. The van der Waals surface area contributed by atoms with Crippen molar-refractivity contribution < 1.29 is 12.8 Å². The second kappa shape index (κ2) is 5.76. The lowest BCUT2D eigenvalue weighted by atomic mass is 10.2. The van der Waals surface area contributed by atoms with Crippen molar-refractivity contribution in [1.82, 2.24) is 4.31 Å². The van der Waals surface area contributed by atoms with Gasteiger partial charge in [0.2, 0.25) is 10.0 Å². The summed E-state index contributed by atoms with van der Waals surface area (Å²) in [5.41, 5.74) is 0.742. The number of nitrogens with zero attached hydrogens (tertiary/aromatic N) is 1. The van der Waals surface area contributed by atoms with Crippen LogP contribution in [-0.4, -0.2) is 19.8 Å². The van der Waals surface area contributed by atoms with Gasteiger partial charge in [0.15, 0.2) is 0 Å². The molecule has 1 heterocycles. The van der Waals surface area contributed by atoms with Crippen LogP contribution in [0, 0.1) is 0 Å². The van der Waals surface area contributed by atoms with Gasteiger partial charge in [0.05, 0.1) is 11.4 Å². The van der Waals surface area contributed by atoms with E-state index in [0.29, 0.717) is 10.8 Å². The molecule has 0 amide bonds. The average Bonchev–Trinajstić information content (AvgIpc) is 2.89. The first-order valence-electron chi connectivity index (χ1n) is 6.66. The van der Waals surface area contributed by atoms with Crippen molar-refractivity contribution in [1.29, 1.82) is 0 Å². The Balaban J connectivity index is 1.88. The molecule has 3 rings (SSSR count). The average molecular weight is 336 g/mol. The standard InChI is InChI=1S/C16H14ClNO3S/c1-18(22(19,20)15-7-4-6-13(17)10-15)11-14-9-12-5-2-3-8-16(12)21-14/h2-10H,11H2,1H3. The van der Waals surface area contributed by atoms with Gasteiger partial charge in [-0.3, -0.25) is 0 Å². The Morgan fingerprint density at radius 2 is 1.86 bits per heavy atom. The van der Waals surface area contributed by atoms with E-state index in [2.05, 4.69) is 0 Å². The van der Waals surface area contributed by atoms with Gasteiger partial charge in [0.25, 0.3) is 0 Å². The number of benzene rings is 2. The van der Waals surface area contributed by atoms with Crippen LogP contribution in [0.3, 0.4) is 0 Å². The van der Waals surface area contributed by atoms with Crippen LogP contribution >= 0.6 is 11.6 Å². The van der Waals surface area contributed by atoms with E-state index >= 15 is 0 Å². The minimum atomic E-state index is -3.61. The summed E-state index contributed by atoms with van der Waals surface area (Å²) in [4.78, 5) is 0.165. The van der Waals surface area contributed by atoms with Crippen LogP contribution in [-0.2, 0) is 16.6 Å². The predicted octanol–water partition coefficient (Wildman–Crippen LogP) is 3.91. The third-order valence-electron chi connectivity index (χ3n) is 3.36. The molecule has 1 aromatic heterocycles. The van der Waals surface area contributed by atoms with Crippen molar-refractivity contribution in [3.8, 4) is 0 Å².